The highest BCUT2D eigenvalue weighted by Gasteiger charge is 2.38. The average molecular weight is 325 g/mol. The van der Waals surface area contributed by atoms with Crippen molar-refractivity contribution in [1.29, 1.82) is 0 Å². The van der Waals surface area contributed by atoms with Crippen LogP contribution in [0, 0.1) is 5.92 Å². The molecule has 0 aromatic carbocycles. The Kier molecular flexibility index (Phi) is 6.47. The van der Waals surface area contributed by atoms with Gasteiger partial charge in [0.25, 0.3) is 0 Å². The molecule has 20 heavy (non-hydrogen) atoms. The van der Waals surface area contributed by atoms with E-state index in [1.807, 2.05) is 0 Å². The van der Waals surface area contributed by atoms with E-state index in [-0.39, 0.29) is 17.5 Å². The SMILES string of the molecule is CCCC1CCC(NC)C(S(=O)(=O)CCS(C)(=O)=O)C1. The van der Waals surface area contributed by atoms with Crippen molar-refractivity contribution in [3.8, 4) is 0 Å². The molecule has 3 atom stereocenters. The quantitative estimate of drug-likeness (QED) is 0.755. The summed E-state index contributed by atoms with van der Waals surface area (Å²) in [4.78, 5) is 0. The van der Waals surface area contributed by atoms with Gasteiger partial charge < -0.3 is 5.32 Å². The van der Waals surface area contributed by atoms with Gasteiger partial charge in [-0.25, -0.2) is 16.8 Å². The molecule has 1 saturated carbocycles. The summed E-state index contributed by atoms with van der Waals surface area (Å²) in [5.74, 6) is -0.0866. The lowest BCUT2D eigenvalue weighted by Gasteiger charge is -2.35. The van der Waals surface area contributed by atoms with Crippen LogP contribution in [0.1, 0.15) is 39.0 Å². The third-order valence-corrected chi connectivity index (χ3v) is 7.59. The third kappa shape index (κ3) is 5.33. The van der Waals surface area contributed by atoms with Gasteiger partial charge in [-0.05, 0) is 32.2 Å². The number of hydrogen-bond donors (Lipinski definition) is 1. The van der Waals surface area contributed by atoms with Crippen LogP contribution in [-0.4, -0.2) is 52.9 Å². The molecule has 7 heteroatoms. The maximum absolute atomic E-state index is 12.4. The van der Waals surface area contributed by atoms with E-state index in [0.717, 1.165) is 31.9 Å². The normalized spacial score (nSPS) is 28.4. The second kappa shape index (κ2) is 7.22. The Bertz CT molecular complexity index is 498. The minimum Gasteiger partial charge on any atom is -0.316 e. The fraction of sp³-hybridized carbons (Fsp3) is 1.00. The van der Waals surface area contributed by atoms with Gasteiger partial charge in [-0.1, -0.05) is 19.8 Å². The molecule has 1 N–H and O–H groups in total. The van der Waals surface area contributed by atoms with Crippen LogP contribution in [0.25, 0.3) is 0 Å². The van der Waals surface area contributed by atoms with Crippen molar-refractivity contribution in [3.63, 3.8) is 0 Å². The van der Waals surface area contributed by atoms with Gasteiger partial charge in [0, 0.05) is 12.3 Å². The molecular formula is C13H27NO4S2. The van der Waals surface area contributed by atoms with Crippen LogP contribution in [0.5, 0.6) is 0 Å². The number of nitrogens with one attached hydrogen (secondary N) is 1. The van der Waals surface area contributed by atoms with Crippen LogP contribution < -0.4 is 5.32 Å². The largest absolute Gasteiger partial charge is 0.316 e. The Morgan fingerprint density at radius 1 is 1.10 bits per heavy atom. The Labute approximate surface area is 123 Å². The van der Waals surface area contributed by atoms with Gasteiger partial charge in [0.2, 0.25) is 0 Å². The fourth-order valence-corrected chi connectivity index (χ4v) is 6.81. The Morgan fingerprint density at radius 2 is 1.75 bits per heavy atom. The summed E-state index contributed by atoms with van der Waals surface area (Å²) in [6.07, 6.45) is 5.76. The molecule has 1 aliphatic rings. The van der Waals surface area contributed by atoms with E-state index < -0.39 is 24.9 Å². The minimum atomic E-state index is -3.37. The summed E-state index contributed by atoms with van der Waals surface area (Å²) >= 11 is 0. The van der Waals surface area contributed by atoms with E-state index in [1.54, 1.807) is 7.05 Å². The lowest BCUT2D eigenvalue weighted by molar-refractivity contribution is 0.288. The van der Waals surface area contributed by atoms with E-state index >= 15 is 0 Å². The van der Waals surface area contributed by atoms with Crippen molar-refractivity contribution in [3.05, 3.63) is 0 Å². The lowest BCUT2D eigenvalue weighted by atomic mass is 9.83. The molecular weight excluding hydrogens is 298 g/mol. The van der Waals surface area contributed by atoms with Gasteiger partial charge in [0.15, 0.2) is 9.84 Å². The molecule has 0 saturated heterocycles. The minimum absolute atomic E-state index is 0.0485. The van der Waals surface area contributed by atoms with Gasteiger partial charge in [-0.3, -0.25) is 0 Å². The number of sulfone groups is 2. The van der Waals surface area contributed by atoms with Crippen LogP contribution in [0.4, 0.5) is 0 Å². The number of rotatable bonds is 7. The zero-order valence-corrected chi connectivity index (χ0v) is 14.3. The second-order valence-electron chi connectivity index (χ2n) is 5.90. The monoisotopic (exact) mass is 325 g/mol. The molecule has 120 valence electrons. The lowest BCUT2D eigenvalue weighted by Crippen LogP contribution is -2.48. The van der Waals surface area contributed by atoms with E-state index in [2.05, 4.69) is 12.2 Å². The summed E-state index contributed by atoms with van der Waals surface area (Å²) in [7, 11) is -4.83. The van der Waals surface area contributed by atoms with Crippen molar-refractivity contribution < 1.29 is 16.8 Å². The van der Waals surface area contributed by atoms with Gasteiger partial charge in [0.05, 0.1) is 16.8 Å². The molecule has 5 nitrogen and oxygen atoms in total. The fourth-order valence-electron chi connectivity index (χ4n) is 3.03. The predicted molar refractivity (Wildman–Crippen MR) is 82.4 cm³/mol. The highest BCUT2D eigenvalue weighted by Crippen LogP contribution is 2.32. The molecule has 1 aliphatic carbocycles. The molecule has 0 aromatic heterocycles. The van der Waals surface area contributed by atoms with Crippen molar-refractivity contribution in [2.75, 3.05) is 24.8 Å². The van der Waals surface area contributed by atoms with E-state index in [0.29, 0.717) is 12.3 Å². The van der Waals surface area contributed by atoms with Gasteiger partial charge in [-0.2, -0.15) is 0 Å². The molecule has 0 amide bonds. The first-order chi connectivity index (χ1) is 9.19. The van der Waals surface area contributed by atoms with Crippen molar-refractivity contribution in [2.45, 2.75) is 50.3 Å². The molecule has 0 bridgehead atoms. The zero-order valence-electron chi connectivity index (χ0n) is 12.6. The van der Waals surface area contributed by atoms with E-state index in [1.165, 1.54) is 0 Å². The first kappa shape index (κ1) is 17.9. The summed E-state index contributed by atoms with van der Waals surface area (Å²) in [5.41, 5.74) is 0. The summed E-state index contributed by atoms with van der Waals surface area (Å²) in [5, 5.41) is 2.65. The first-order valence-electron chi connectivity index (χ1n) is 7.26. The first-order valence-corrected chi connectivity index (χ1v) is 11.0. The molecule has 0 radical (unpaired) electrons. The Balaban J connectivity index is 2.81. The highest BCUT2D eigenvalue weighted by atomic mass is 32.2. The summed E-state index contributed by atoms with van der Waals surface area (Å²) in [6, 6.07) is -0.0485. The topological polar surface area (TPSA) is 80.3 Å². The van der Waals surface area contributed by atoms with Crippen molar-refractivity contribution in [2.24, 2.45) is 5.92 Å². The molecule has 3 unspecified atom stereocenters. The van der Waals surface area contributed by atoms with Crippen molar-refractivity contribution >= 4 is 19.7 Å². The second-order valence-corrected chi connectivity index (χ2v) is 10.5. The third-order valence-electron chi connectivity index (χ3n) is 4.17. The smallest absolute Gasteiger partial charge is 0.155 e. The number of hydrogen-bond acceptors (Lipinski definition) is 5. The summed E-state index contributed by atoms with van der Waals surface area (Å²) < 4.78 is 47.3. The zero-order chi connectivity index (χ0) is 15.4. The summed E-state index contributed by atoms with van der Waals surface area (Å²) in [6.45, 7) is 2.11. The predicted octanol–water partition coefficient (Wildman–Crippen LogP) is 1.00. The standard InChI is InChI=1S/C13H27NO4S2/c1-4-5-11-6-7-12(14-2)13(10-11)20(17,18)9-8-19(3,15)16/h11-14H,4-10H2,1-3H3. The molecule has 0 spiro atoms. The maximum Gasteiger partial charge on any atom is 0.155 e. The van der Waals surface area contributed by atoms with Crippen LogP contribution in [0.3, 0.4) is 0 Å². The van der Waals surface area contributed by atoms with Crippen LogP contribution >= 0.6 is 0 Å². The van der Waals surface area contributed by atoms with Crippen molar-refractivity contribution in [1.82, 2.24) is 5.32 Å². The van der Waals surface area contributed by atoms with Crippen LogP contribution in [-0.2, 0) is 19.7 Å². The molecule has 1 rings (SSSR count). The van der Waals surface area contributed by atoms with Crippen LogP contribution in [0.15, 0.2) is 0 Å². The molecule has 0 aromatic rings. The van der Waals surface area contributed by atoms with Gasteiger partial charge in [-0.15, -0.1) is 0 Å². The Morgan fingerprint density at radius 3 is 2.25 bits per heavy atom. The van der Waals surface area contributed by atoms with Crippen LogP contribution in [0.2, 0.25) is 0 Å². The van der Waals surface area contributed by atoms with Gasteiger partial charge in [0.1, 0.15) is 9.84 Å². The maximum atomic E-state index is 12.4. The molecule has 0 aliphatic heterocycles. The Hall–Kier alpha value is -0.140. The van der Waals surface area contributed by atoms with E-state index in [9.17, 15) is 16.8 Å². The highest BCUT2D eigenvalue weighted by molar-refractivity contribution is 7.95. The van der Waals surface area contributed by atoms with Gasteiger partial charge >= 0.3 is 0 Å². The molecule has 1 fully saturated rings. The van der Waals surface area contributed by atoms with E-state index in [4.69, 9.17) is 0 Å². The average Bonchev–Trinajstić information content (AvgIpc) is 2.36. The molecule has 0 heterocycles.